The fourth-order valence-electron chi connectivity index (χ4n) is 2.62. The van der Waals surface area contributed by atoms with Gasteiger partial charge in [0, 0.05) is 57.3 Å². The van der Waals surface area contributed by atoms with Gasteiger partial charge in [-0.25, -0.2) is 0 Å². The van der Waals surface area contributed by atoms with Gasteiger partial charge in [0.25, 0.3) is 10.2 Å². The van der Waals surface area contributed by atoms with Crippen molar-refractivity contribution in [2.45, 2.75) is 25.2 Å². The van der Waals surface area contributed by atoms with Gasteiger partial charge in [-0.05, 0) is 37.1 Å². The highest BCUT2D eigenvalue weighted by molar-refractivity contribution is 7.99. The lowest BCUT2D eigenvalue weighted by Gasteiger charge is -2.35. The molecule has 0 saturated carbocycles. The number of carbonyl (C=O) groups is 1. The highest BCUT2D eigenvalue weighted by atomic mass is 32.2. The van der Waals surface area contributed by atoms with Crippen LogP contribution in [0.25, 0.3) is 0 Å². The van der Waals surface area contributed by atoms with E-state index in [1.165, 1.54) is 38.7 Å². The van der Waals surface area contributed by atoms with Gasteiger partial charge >= 0.3 is 0 Å². The van der Waals surface area contributed by atoms with Crippen molar-refractivity contribution < 1.29 is 13.2 Å². The second kappa shape index (κ2) is 8.53. The molecule has 2 rings (SSSR count). The van der Waals surface area contributed by atoms with Crippen molar-refractivity contribution in [3.63, 3.8) is 0 Å². The molecule has 8 heteroatoms. The molecular weight excluding hydrogens is 358 g/mol. The van der Waals surface area contributed by atoms with Gasteiger partial charge in [-0.1, -0.05) is 6.07 Å². The molecule has 1 saturated heterocycles. The smallest absolute Gasteiger partial charge is 0.281 e. The zero-order chi connectivity index (χ0) is 18.6. The molecule has 1 aliphatic heterocycles. The molecule has 1 heterocycles. The summed E-state index contributed by atoms with van der Waals surface area (Å²) >= 11 is 1.68. The van der Waals surface area contributed by atoms with E-state index in [0.29, 0.717) is 32.6 Å². The first-order chi connectivity index (χ1) is 11.7. The van der Waals surface area contributed by atoms with Crippen LogP contribution >= 0.6 is 11.8 Å². The molecule has 1 aliphatic rings. The molecule has 1 aromatic rings. The third-order valence-corrected chi connectivity index (χ3v) is 7.38. The first kappa shape index (κ1) is 20.2. The van der Waals surface area contributed by atoms with Crippen molar-refractivity contribution in [2.75, 3.05) is 46.0 Å². The van der Waals surface area contributed by atoms with Gasteiger partial charge in [0.05, 0.1) is 0 Å². The number of benzene rings is 1. The number of nitrogens with zero attached hydrogens (tertiary/aromatic N) is 3. The Balaban J connectivity index is 1.78. The molecule has 0 aromatic heterocycles. The van der Waals surface area contributed by atoms with E-state index < -0.39 is 10.2 Å². The second-order valence-electron chi connectivity index (χ2n) is 6.41. The summed E-state index contributed by atoms with van der Waals surface area (Å²) < 4.78 is 26.8. The molecule has 0 atom stereocenters. The Hall–Kier alpha value is -1.09. The third-order valence-electron chi connectivity index (χ3n) is 4.44. The van der Waals surface area contributed by atoms with Gasteiger partial charge in [0.2, 0.25) is 5.91 Å². The number of hydrogen-bond donors (Lipinski definition) is 0. The Bertz CT molecular complexity index is 712. The average molecular weight is 386 g/mol. The zero-order valence-electron chi connectivity index (χ0n) is 15.4. The summed E-state index contributed by atoms with van der Waals surface area (Å²) in [7, 11) is -0.336. The first-order valence-electron chi connectivity index (χ1n) is 8.37. The average Bonchev–Trinajstić information content (AvgIpc) is 2.58. The highest BCUT2D eigenvalue weighted by Crippen LogP contribution is 2.22. The van der Waals surface area contributed by atoms with E-state index in [1.807, 2.05) is 0 Å². The Morgan fingerprint density at radius 3 is 2.32 bits per heavy atom. The van der Waals surface area contributed by atoms with Gasteiger partial charge in [-0.3, -0.25) is 4.79 Å². The van der Waals surface area contributed by atoms with E-state index in [4.69, 9.17) is 0 Å². The minimum absolute atomic E-state index is 0.0956. The lowest BCUT2D eigenvalue weighted by Crippen LogP contribution is -2.53. The maximum absolute atomic E-state index is 12.3. The molecule has 25 heavy (non-hydrogen) atoms. The van der Waals surface area contributed by atoms with Crippen molar-refractivity contribution in [1.29, 1.82) is 0 Å². The Kier molecular flexibility index (Phi) is 6.90. The molecule has 0 unspecified atom stereocenters. The zero-order valence-corrected chi connectivity index (χ0v) is 17.0. The Morgan fingerprint density at radius 1 is 1.12 bits per heavy atom. The Labute approximate surface area is 155 Å². The molecule has 0 bridgehead atoms. The Morgan fingerprint density at radius 2 is 1.76 bits per heavy atom. The molecule has 0 N–H and O–H groups in total. The fraction of sp³-hybridized carbons (Fsp3) is 0.588. The van der Waals surface area contributed by atoms with Crippen LogP contribution in [0.5, 0.6) is 0 Å². The minimum atomic E-state index is -3.39. The minimum Gasteiger partial charge on any atom is -0.340 e. The molecule has 1 fully saturated rings. The lowest BCUT2D eigenvalue weighted by atomic mass is 10.1. The molecule has 1 aromatic carbocycles. The molecule has 140 valence electrons. The molecule has 1 amide bonds. The van der Waals surface area contributed by atoms with Crippen molar-refractivity contribution in [2.24, 2.45) is 0 Å². The predicted molar refractivity (Wildman–Crippen MR) is 102 cm³/mol. The summed E-state index contributed by atoms with van der Waals surface area (Å²) in [5.41, 5.74) is 2.53. The number of rotatable bonds is 6. The van der Waals surface area contributed by atoms with Crippen LogP contribution < -0.4 is 0 Å². The number of amides is 1. The first-order valence-corrected chi connectivity index (χ1v) is 10.8. The second-order valence-corrected chi connectivity index (χ2v) is 9.73. The standard InChI is InChI=1S/C17H27N3O3S2/c1-14-5-6-16(13-15(14)2)24-12-7-17(21)19-8-10-20(11-9-19)25(22,23)18(3)4/h5-6,13H,7-12H2,1-4H3. The van der Waals surface area contributed by atoms with Gasteiger partial charge in [0.1, 0.15) is 0 Å². The van der Waals surface area contributed by atoms with E-state index in [1.54, 1.807) is 16.7 Å². The number of aryl methyl sites for hydroxylation is 2. The molecule has 0 radical (unpaired) electrons. The quantitative estimate of drug-likeness (QED) is 0.700. The largest absolute Gasteiger partial charge is 0.340 e. The molecular formula is C17H27N3O3S2. The van der Waals surface area contributed by atoms with Crippen LogP contribution in [0.3, 0.4) is 0 Å². The molecule has 0 aliphatic carbocycles. The summed E-state index contributed by atoms with van der Waals surface area (Å²) in [6.07, 6.45) is 0.470. The molecule has 6 nitrogen and oxygen atoms in total. The summed E-state index contributed by atoms with van der Waals surface area (Å²) in [4.78, 5) is 15.3. The van der Waals surface area contributed by atoms with Crippen LogP contribution in [0.1, 0.15) is 17.5 Å². The van der Waals surface area contributed by atoms with Crippen LogP contribution in [0, 0.1) is 13.8 Å². The monoisotopic (exact) mass is 385 g/mol. The fourth-order valence-corrected chi connectivity index (χ4v) is 4.64. The van der Waals surface area contributed by atoms with Crippen LogP contribution in [0.2, 0.25) is 0 Å². The predicted octanol–water partition coefficient (Wildman–Crippen LogP) is 1.74. The van der Waals surface area contributed by atoms with E-state index in [2.05, 4.69) is 32.0 Å². The van der Waals surface area contributed by atoms with Gasteiger partial charge in [-0.2, -0.15) is 17.0 Å². The highest BCUT2D eigenvalue weighted by Gasteiger charge is 2.29. The van der Waals surface area contributed by atoms with Gasteiger partial charge < -0.3 is 4.90 Å². The number of carbonyl (C=O) groups excluding carboxylic acids is 1. The van der Waals surface area contributed by atoms with E-state index in [9.17, 15) is 13.2 Å². The van der Waals surface area contributed by atoms with Crippen LogP contribution in [0.15, 0.2) is 23.1 Å². The summed E-state index contributed by atoms with van der Waals surface area (Å²) in [6, 6.07) is 6.33. The number of thioether (sulfide) groups is 1. The van der Waals surface area contributed by atoms with Crippen molar-refractivity contribution >= 4 is 27.9 Å². The van der Waals surface area contributed by atoms with Crippen LogP contribution in [-0.4, -0.2) is 73.9 Å². The summed E-state index contributed by atoms with van der Waals surface area (Å²) in [6.45, 7) is 5.81. The number of piperazine rings is 1. The maximum Gasteiger partial charge on any atom is 0.281 e. The van der Waals surface area contributed by atoms with Crippen LogP contribution in [0.4, 0.5) is 0 Å². The van der Waals surface area contributed by atoms with Gasteiger partial charge in [-0.15, -0.1) is 11.8 Å². The van der Waals surface area contributed by atoms with E-state index >= 15 is 0 Å². The summed E-state index contributed by atoms with van der Waals surface area (Å²) in [5, 5.41) is 0. The SMILES string of the molecule is Cc1ccc(SCCC(=O)N2CCN(S(=O)(=O)N(C)C)CC2)cc1C. The summed E-state index contributed by atoms with van der Waals surface area (Å²) in [5.74, 6) is 0.829. The normalized spacial score (nSPS) is 16.4. The van der Waals surface area contributed by atoms with Gasteiger partial charge in [0.15, 0.2) is 0 Å². The third kappa shape index (κ3) is 5.20. The number of hydrogen-bond acceptors (Lipinski definition) is 4. The van der Waals surface area contributed by atoms with Crippen LogP contribution in [-0.2, 0) is 15.0 Å². The van der Waals surface area contributed by atoms with E-state index in [-0.39, 0.29) is 5.91 Å². The lowest BCUT2D eigenvalue weighted by molar-refractivity contribution is -0.131. The van der Waals surface area contributed by atoms with E-state index in [0.717, 1.165) is 5.75 Å². The van der Waals surface area contributed by atoms with Crippen molar-refractivity contribution in [3.8, 4) is 0 Å². The molecule has 0 spiro atoms. The topological polar surface area (TPSA) is 60.9 Å². The maximum atomic E-state index is 12.3. The van der Waals surface area contributed by atoms with Crippen molar-refractivity contribution in [3.05, 3.63) is 29.3 Å². The van der Waals surface area contributed by atoms with Crippen molar-refractivity contribution in [1.82, 2.24) is 13.5 Å².